The molecule has 1 fully saturated rings. The maximum absolute atomic E-state index is 13.4. The van der Waals surface area contributed by atoms with Crippen LogP contribution in [0.25, 0.3) is 16.9 Å². The molecule has 7 nitrogen and oxygen atoms in total. The SMILES string of the molecule is O=C(c1cn(-c2ncccn2)c2ccccc12)N1CCN(c2ccc(OCF)cc2)CC1. The van der Waals surface area contributed by atoms with E-state index in [1.807, 2.05) is 52.1 Å². The summed E-state index contributed by atoms with van der Waals surface area (Å²) in [5, 5.41) is 0.885. The van der Waals surface area contributed by atoms with Gasteiger partial charge in [-0.25, -0.2) is 14.4 Å². The van der Waals surface area contributed by atoms with Gasteiger partial charge in [0.15, 0.2) is 0 Å². The molecule has 0 N–H and O–H groups in total. The second-order valence-electron chi connectivity index (χ2n) is 7.51. The molecule has 2 aromatic heterocycles. The highest BCUT2D eigenvalue weighted by Gasteiger charge is 2.25. The van der Waals surface area contributed by atoms with Crippen molar-refractivity contribution in [2.45, 2.75) is 0 Å². The van der Waals surface area contributed by atoms with Crippen molar-refractivity contribution in [3.8, 4) is 11.7 Å². The van der Waals surface area contributed by atoms with Crippen molar-refractivity contribution in [3.05, 3.63) is 78.8 Å². The average molecular weight is 431 g/mol. The zero-order chi connectivity index (χ0) is 21.9. The fourth-order valence-electron chi connectivity index (χ4n) is 4.09. The van der Waals surface area contributed by atoms with Crippen LogP contribution >= 0.6 is 0 Å². The minimum Gasteiger partial charge on any atom is -0.463 e. The Morgan fingerprint density at radius 1 is 0.938 bits per heavy atom. The first-order chi connectivity index (χ1) is 15.7. The smallest absolute Gasteiger partial charge is 0.256 e. The molecule has 0 atom stereocenters. The van der Waals surface area contributed by atoms with Crippen LogP contribution in [-0.2, 0) is 0 Å². The molecular formula is C24H22FN5O2. The zero-order valence-corrected chi connectivity index (χ0v) is 17.4. The highest BCUT2D eigenvalue weighted by atomic mass is 19.1. The maximum Gasteiger partial charge on any atom is 0.256 e. The van der Waals surface area contributed by atoms with Gasteiger partial charge in [-0.2, -0.15) is 0 Å². The van der Waals surface area contributed by atoms with Gasteiger partial charge in [0, 0.05) is 55.8 Å². The number of para-hydroxylation sites is 1. The van der Waals surface area contributed by atoms with Crippen LogP contribution in [0.2, 0.25) is 0 Å². The van der Waals surface area contributed by atoms with E-state index in [9.17, 15) is 9.18 Å². The molecule has 32 heavy (non-hydrogen) atoms. The fourth-order valence-corrected chi connectivity index (χ4v) is 4.09. The van der Waals surface area contributed by atoms with Gasteiger partial charge in [-0.1, -0.05) is 18.2 Å². The summed E-state index contributed by atoms with van der Waals surface area (Å²) >= 11 is 0. The summed E-state index contributed by atoms with van der Waals surface area (Å²) in [6, 6.07) is 16.9. The number of carbonyl (C=O) groups excluding carboxylic acids is 1. The molecule has 1 aliphatic rings. The largest absolute Gasteiger partial charge is 0.463 e. The molecule has 1 amide bonds. The van der Waals surface area contributed by atoms with Gasteiger partial charge in [-0.15, -0.1) is 0 Å². The molecule has 0 saturated carbocycles. The van der Waals surface area contributed by atoms with Crippen molar-refractivity contribution in [2.24, 2.45) is 0 Å². The number of nitrogens with zero attached hydrogens (tertiary/aromatic N) is 5. The van der Waals surface area contributed by atoms with Gasteiger partial charge in [0.25, 0.3) is 5.91 Å². The van der Waals surface area contributed by atoms with Gasteiger partial charge in [-0.3, -0.25) is 9.36 Å². The number of piperazine rings is 1. The van der Waals surface area contributed by atoms with E-state index in [1.165, 1.54) is 0 Å². The fraction of sp³-hybridized carbons (Fsp3) is 0.208. The number of fused-ring (bicyclic) bond motifs is 1. The number of benzene rings is 2. The van der Waals surface area contributed by atoms with E-state index >= 15 is 0 Å². The van der Waals surface area contributed by atoms with E-state index in [1.54, 1.807) is 30.6 Å². The Kier molecular flexibility index (Phi) is 5.41. The number of anilines is 1. The number of halogens is 1. The van der Waals surface area contributed by atoms with E-state index in [-0.39, 0.29) is 5.91 Å². The van der Waals surface area contributed by atoms with Crippen molar-refractivity contribution in [1.82, 2.24) is 19.4 Å². The third kappa shape index (κ3) is 3.75. The predicted molar refractivity (Wildman–Crippen MR) is 120 cm³/mol. The molecule has 4 aromatic rings. The molecule has 0 radical (unpaired) electrons. The Morgan fingerprint density at radius 3 is 2.38 bits per heavy atom. The average Bonchev–Trinajstić information content (AvgIpc) is 3.25. The zero-order valence-electron chi connectivity index (χ0n) is 17.4. The number of hydrogen-bond acceptors (Lipinski definition) is 5. The van der Waals surface area contributed by atoms with Crippen molar-refractivity contribution >= 4 is 22.5 Å². The molecule has 162 valence electrons. The van der Waals surface area contributed by atoms with E-state index in [4.69, 9.17) is 4.74 Å². The van der Waals surface area contributed by atoms with Crippen LogP contribution in [0.1, 0.15) is 10.4 Å². The molecule has 0 unspecified atom stereocenters. The number of carbonyl (C=O) groups is 1. The standard InChI is InChI=1S/C24H22FN5O2/c25-17-32-19-8-6-18(7-9-19)28-12-14-29(15-13-28)23(31)21-16-30(24-26-10-3-11-27-24)22-5-2-1-4-20(21)22/h1-11,16H,12-15,17H2. The lowest BCUT2D eigenvalue weighted by molar-refractivity contribution is 0.0748. The first kappa shape index (κ1) is 20.0. The highest BCUT2D eigenvalue weighted by molar-refractivity contribution is 6.07. The summed E-state index contributed by atoms with van der Waals surface area (Å²) < 4.78 is 19.0. The quantitative estimate of drug-likeness (QED) is 0.482. The summed E-state index contributed by atoms with van der Waals surface area (Å²) in [6.45, 7) is 1.82. The molecule has 0 spiro atoms. The van der Waals surface area contributed by atoms with Gasteiger partial charge in [0.1, 0.15) is 5.75 Å². The van der Waals surface area contributed by atoms with Crippen LogP contribution in [0.15, 0.2) is 73.2 Å². The van der Waals surface area contributed by atoms with Crippen LogP contribution < -0.4 is 9.64 Å². The summed E-state index contributed by atoms with van der Waals surface area (Å²) in [6.07, 6.45) is 5.21. The van der Waals surface area contributed by atoms with Crippen molar-refractivity contribution < 1.29 is 13.9 Å². The lowest BCUT2D eigenvalue weighted by atomic mass is 10.1. The monoisotopic (exact) mass is 431 g/mol. The third-order valence-corrected chi connectivity index (χ3v) is 5.70. The first-order valence-electron chi connectivity index (χ1n) is 10.4. The van der Waals surface area contributed by atoms with Crippen LogP contribution in [0.4, 0.5) is 10.1 Å². The Hall–Kier alpha value is -3.94. The molecule has 0 aliphatic carbocycles. The number of ether oxygens (including phenoxy) is 1. The molecule has 5 rings (SSSR count). The Labute approximate surface area is 184 Å². The van der Waals surface area contributed by atoms with Gasteiger partial charge in [-0.05, 0) is 36.4 Å². The third-order valence-electron chi connectivity index (χ3n) is 5.70. The van der Waals surface area contributed by atoms with E-state index < -0.39 is 6.86 Å². The lowest BCUT2D eigenvalue weighted by Gasteiger charge is -2.36. The van der Waals surface area contributed by atoms with Crippen molar-refractivity contribution in [3.63, 3.8) is 0 Å². The second-order valence-corrected chi connectivity index (χ2v) is 7.51. The normalized spacial score (nSPS) is 14.0. The van der Waals surface area contributed by atoms with Crippen molar-refractivity contribution in [1.29, 1.82) is 0 Å². The van der Waals surface area contributed by atoms with Gasteiger partial charge in [0.05, 0.1) is 11.1 Å². The minimum absolute atomic E-state index is 0.00206. The Bertz CT molecular complexity index is 1220. The summed E-state index contributed by atoms with van der Waals surface area (Å²) in [4.78, 5) is 26.2. The number of alkyl halides is 1. The minimum atomic E-state index is -0.840. The van der Waals surface area contributed by atoms with Gasteiger partial charge >= 0.3 is 0 Å². The number of amides is 1. The van der Waals surface area contributed by atoms with Crippen LogP contribution in [0.3, 0.4) is 0 Å². The molecule has 3 heterocycles. The van der Waals surface area contributed by atoms with Crippen LogP contribution in [-0.4, -0.2) is 58.4 Å². The maximum atomic E-state index is 13.4. The summed E-state index contributed by atoms with van der Waals surface area (Å²) in [5.74, 6) is 1.04. The Balaban J connectivity index is 1.34. The predicted octanol–water partition coefficient (Wildman–Crippen LogP) is 3.69. The number of hydrogen-bond donors (Lipinski definition) is 0. The summed E-state index contributed by atoms with van der Waals surface area (Å²) in [5.41, 5.74) is 2.58. The van der Waals surface area contributed by atoms with Gasteiger partial charge in [0.2, 0.25) is 12.8 Å². The number of aromatic nitrogens is 3. The topological polar surface area (TPSA) is 63.5 Å². The van der Waals surface area contributed by atoms with Gasteiger partial charge < -0.3 is 14.5 Å². The van der Waals surface area contributed by atoms with E-state index in [0.29, 0.717) is 30.4 Å². The summed E-state index contributed by atoms with van der Waals surface area (Å²) in [7, 11) is 0. The Morgan fingerprint density at radius 2 is 1.66 bits per heavy atom. The second kappa shape index (κ2) is 8.66. The molecule has 1 saturated heterocycles. The number of rotatable bonds is 5. The first-order valence-corrected chi connectivity index (χ1v) is 10.4. The van der Waals surface area contributed by atoms with Crippen LogP contribution in [0.5, 0.6) is 5.75 Å². The molecule has 8 heteroatoms. The van der Waals surface area contributed by atoms with E-state index in [0.717, 1.165) is 29.7 Å². The molecular weight excluding hydrogens is 409 g/mol. The molecule has 1 aliphatic heterocycles. The van der Waals surface area contributed by atoms with Crippen LogP contribution in [0, 0.1) is 0 Å². The molecule has 0 bridgehead atoms. The molecule has 2 aromatic carbocycles. The van der Waals surface area contributed by atoms with Crippen molar-refractivity contribution in [2.75, 3.05) is 37.9 Å². The van der Waals surface area contributed by atoms with E-state index in [2.05, 4.69) is 14.9 Å². The lowest BCUT2D eigenvalue weighted by Crippen LogP contribution is -2.48. The highest BCUT2D eigenvalue weighted by Crippen LogP contribution is 2.26.